The molecule has 158 valence electrons. The summed E-state index contributed by atoms with van der Waals surface area (Å²) in [5, 5.41) is 1.31. The van der Waals surface area contributed by atoms with E-state index in [9.17, 15) is 4.79 Å². The Balaban J connectivity index is 1.71. The van der Waals surface area contributed by atoms with Gasteiger partial charge in [0.2, 0.25) is 0 Å². The Bertz CT molecular complexity index is 1190. The summed E-state index contributed by atoms with van der Waals surface area (Å²) in [6.45, 7) is 2.41. The number of carbonyl (C=O) groups is 1. The Morgan fingerprint density at radius 2 is 1.68 bits per heavy atom. The second kappa shape index (κ2) is 9.14. The van der Waals surface area contributed by atoms with Crippen molar-refractivity contribution in [1.29, 1.82) is 0 Å². The van der Waals surface area contributed by atoms with Gasteiger partial charge < -0.3 is 18.6 Å². The number of hydrogen-bond donors (Lipinski definition) is 0. The van der Waals surface area contributed by atoms with E-state index in [-0.39, 0.29) is 6.61 Å². The molecule has 0 N–H and O–H groups in total. The third-order valence-corrected chi connectivity index (χ3v) is 5.06. The van der Waals surface area contributed by atoms with Crippen LogP contribution in [0.1, 0.15) is 22.8 Å². The molecule has 0 aliphatic carbocycles. The van der Waals surface area contributed by atoms with Crippen LogP contribution in [0.25, 0.3) is 22.3 Å². The van der Waals surface area contributed by atoms with Gasteiger partial charge in [-0.05, 0) is 67.1 Å². The van der Waals surface area contributed by atoms with Gasteiger partial charge in [-0.2, -0.15) is 0 Å². The fourth-order valence-corrected chi connectivity index (χ4v) is 3.39. The molecule has 0 saturated carbocycles. The van der Waals surface area contributed by atoms with Crippen LogP contribution in [0.4, 0.5) is 0 Å². The van der Waals surface area contributed by atoms with Crippen molar-refractivity contribution in [3.63, 3.8) is 0 Å². The molecule has 3 aromatic carbocycles. The topological polar surface area (TPSA) is 57.9 Å². The molecule has 0 aliphatic rings. The van der Waals surface area contributed by atoms with Gasteiger partial charge in [0.1, 0.15) is 35.0 Å². The predicted octanol–water partition coefficient (Wildman–Crippen LogP) is 6.52. The molecule has 31 heavy (non-hydrogen) atoms. The first-order valence-corrected chi connectivity index (χ1v) is 10.2. The number of furan rings is 1. The lowest BCUT2D eigenvalue weighted by Gasteiger charge is -2.07. The van der Waals surface area contributed by atoms with E-state index in [2.05, 4.69) is 0 Å². The second-order valence-electron chi connectivity index (χ2n) is 6.83. The number of esters is 1. The average Bonchev–Trinajstić information content (AvgIpc) is 3.18. The monoisotopic (exact) mass is 436 g/mol. The zero-order valence-electron chi connectivity index (χ0n) is 17.2. The fourth-order valence-electron chi connectivity index (χ4n) is 3.27. The summed E-state index contributed by atoms with van der Waals surface area (Å²) in [5.74, 6) is 1.35. The van der Waals surface area contributed by atoms with Gasteiger partial charge in [-0.3, -0.25) is 0 Å². The van der Waals surface area contributed by atoms with Crippen LogP contribution in [0.15, 0.2) is 71.1 Å². The molecule has 1 aromatic heterocycles. The number of hydrogen-bond acceptors (Lipinski definition) is 5. The Morgan fingerprint density at radius 3 is 2.35 bits per heavy atom. The molecule has 4 aromatic rings. The van der Waals surface area contributed by atoms with Crippen molar-refractivity contribution < 1.29 is 23.4 Å². The summed E-state index contributed by atoms with van der Waals surface area (Å²) >= 11 is 5.93. The molecule has 0 spiro atoms. The van der Waals surface area contributed by atoms with Crippen LogP contribution in [0.2, 0.25) is 5.02 Å². The van der Waals surface area contributed by atoms with Gasteiger partial charge in [0.15, 0.2) is 0 Å². The van der Waals surface area contributed by atoms with E-state index in [1.54, 1.807) is 26.2 Å². The van der Waals surface area contributed by atoms with Crippen LogP contribution in [-0.4, -0.2) is 19.7 Å². The molecule has 0 atom stereocenters. The maximum Gasteiger partial charge on any atom is 0.342 e. The van der Waals surface area contributed by atoms with Crippen molar-refractivity contribution in [3.8, 4) is 22.8 Å². The standard InChI is InChI=1S/C25H21ClO5/c1-3-29-25(27)23-21-14-20(30-15-16-4-8-18(26)9-5-16)12-13-22(21)31-24(23)17-6-10-19(28-2)11-7-17/h4-14H,3,15H2,1-2H3. The lowest BCUT2D eigenvalue weighted by molar-refractivity contribution is 0.0528. The van der Waals surface area contributed by atoms with Crippen LogP contribution < -0.4 is 9.47 Å². The van der Waals surface area contributed by atoms with Gasteiger partial charge >= 0.3 is 5.97 Å². The predicted molar refractivity (Wildman–Crippen MR) is 120 cm³/mol. The highest BCUT2D eigenvalue weighted by Crippen LogP contribution is 2.36. The van der Waals surface area contributed by atoms with Gasteiger partial charge in [-0.15, -0.1) is 0 Å². The molecule has 0 unspecified atom stereocenters. The van der Waals surface area contributed by atoms with Crippen LogP contribution in [0.5, 0.6) is 11.5 Å². The van der Waals surface area contributed by atoms with Crippen molar-refractivity contribution in [2.24, 2.45) is 0 Å². The largest absolute Gasteiger partial charge is 0.497 e. The third kappa shape index (κ3) is 4.52. The first-order chi connectivity index (χ1) is 15.1. The van der Waals surface area contributed by atoms with E-state index in [1.807, 2.05) is 54.6 Å². The smallest absolute Gasteiger partial charge is 0.342 e. The third-order valence-electron chi connectivity index (χ3n) is 4.81. The summed E-state index contributed by atoms with van der Waals surface area (Å²) in [6, 6.07) is 20.2. The molecular formula is C25H21ClO5. The molecule has 0 amide bonds. The highest BCUT2D eigenvalue weighted by Gasteiger charge is 2.24. The van der Waals surface area contributed by atoms with Crippen LogP contribution in [0.3, 0.4) is 0 Å². The van der Waals surface area contributed by atoms with E-state index in [0.717, 1.165) is 16.9 Å². The average molecular weight is 437 g/mol. The number of benzene rings is 3. The number of methoxy groups -OCH3 is 1. The summed E-state index contributed by atoms with van der Waals surface area (Å²) in [4.78, 5) is 12.8. The van der Waals surface area contributed by atoms with Gasteiger partial charge in [0.25, 0.3) is 0 Å². The quantitative estimate of drug-likeness (QED) is 0.309. The highest BCUT2D eigenvalue weighted by molar-refractivity contribution is 6.30. The molecule has 1 heterocycles. The summed E-state index contributed by atoms with van der Waals surface area (Å²) in [7, 11) is 1.60. The van der Waals surface area contributed by atoms with Gasteiger partial charge in [0, 0.05) is 16.0 Å². The number of carbonyl (C=O) groups excluding carboxylic acids is 1. The maximum absolute atomic E-state index is 12.8. The van der Waals surface area contributed by atoms with Gasteiger partial charge in [-0.25, -0.2) is 4.79 Å². The Hall–Kier alpha value is -3.44. The molecular weight excluding hydrogens is 416 g/mol. The van der Waals surface area contributed by atoms with E-state index in [1.165, 1.54) is 0 Å². The Labute approximate surface area is 185 Å². The van der Waals surface area contributed by atoms with E-state index in [4.69, 9.17) is 30.2 Å². The zero-order valence-corrected chi connectivity index (χ0v) is 17.9. The minimum Gasteiger partial charge on any atom is -0.497 e. The summed E-state index contributed by atoms with van der Waals surface area (Å²) in [5.41, 5.74) is 2.69. The minimum absolute atomic E-state index is 0.264. The van der Waals surface area contributed by atoms with Gasteiger partial charge in [-0.1, -0.05) is 23.7 Å². The molecule has 5 nitrogen and oxygen atoms in total. The number of ether oxygens (including phenoxy) is 3. The molecule has 0 fully saturated rings. The molecule has 0 saturated heterocycles. The van der Waals surface area contributed by atoms with Crippen LogP contribution in [0, 0.1) is 0 Å². The first kappa shape index (κ1) is 20.8. The van der Waals surface area contributed by atoms with Crippen LogP contribution >= 0.6 is 11.6 Å². The summed E-state index contributed by atoms with van der Waals surface area (Å²) in [6.07, 6.45) is 0. The lowest BCUT2D eigenvalue weighted by atomic mass is 10.1. The maximum atomic E-state index is 12.8. The fraction of sp³-hybridized carbons (Fsp3) is 0.160. The van der Waals surface area contributed by atoms with E-state index in [0.29, 0.717) is 39.7 Å². The number of halogens is 1. The Morgan fingerprint density at radius 1 is 0.968 bits per heavy atom. The molecule has 0 aliphatic heterocycles. The van der Waals surface area contributed by atoms with Crippen molar-refractivity contribution in [2.75, 3.05) is 13.7 Å². The van der Waals surface area contributed by atoms with Crippen molar-refractivity contribution in [1.82, 2.24) is 0 Å². The molecule has 0 bridgehead atoms. The Kier molecular flexibility index (Phi) is 6.14. The number of fused-ring (bicyclic) bond motifs is 1. The first-order valence-electron chi connectivity index (χ1n) is 9.84. The second-order valence-corrected chi connectivity index (χ2v) is 7.26. The van der Waals surface area contributed by atoms with Crippen LogP contribution in [-0.2, 0) is 11.3 Å². The number of rotatable bonds is 7. The molecule has 0 radical (unpaired) electrons. The molecule has 4 rings (SSSR count). The van der Waals surface area contributed by atoms with Crippen molar-refractivity contribution in [3.05, 3.63) is 82.9 Å². The zero-order chi connectivity index (χ0) is 21.8. The van der Waals surface area contributed by atoms with Crippen molar-refractivity contribution >= 4 is 28.5 Å². The van der Waals surface area contributed by atoms with Crippen molar-refractivity contribution in [2.45, 2.75) is 13.5 Å². The lowest BCUT2D eigenvalue weighted by Crippen LogP contribution is -2.05. The van der Waals surface area contributed by atoms with E-state index >= 15 is 0 Å². The van der Waals surface area contributed by atoms with E-state index < -0.39 is 5.97 Å². The minimum atomic E-state index is -0.443. The normalized spacial score (nSPS) is 10.8. The summed E-state index contributed by atoms with van der Waals surface area (Å²) < 4.78 is 22.5. The van der Waals surface area contributed by atoms with Gasteiger partial charge in [0.05, 0.1) is 13.7 Å². The SMILES string of the molecule is CCOC(=O)c1c(-c2ccc(OC)cc2)oc2ccc(OCc3ccc(Cl)cc3)cc12. The molecule has 6 heteroatoms. The highest BCUT2D eigenvalue weighted by atomic mass is 35.5.